The van der Waals surface area contributed by atoms with E-state index in [9.17, 15) is 4.79 Å². The van der Waals surface area contributed by atoms with Crippen molar-refractivity contribution >= 4 is 22.9 Å². The average molecular weight is 247 g/mol. The number of anilines is 1. The number of nitrogens with zero attached hydrogens (tertiary/aromatic N) is 1. The van der Waals surface area contributed by atoms with Crippen molar-refractivity contribution in [1.29, 1.82) is 0 Å². The van der Waals surface area contributed by atoms with Gasteiger partial charge in [0.25, 0.3) is 5.91 Å². The fourth-order valence-corrected chi connectivity index (χ4v) is 2.02. The summed E-state index contributed by atoms with van der Waals surface area (Å²) in [7, 11) is 0. The summed E-state index contributed by atoms with van der Waals surface area (Å²) in [5.41, 5.74) is 10.7. The van der Waals surface area contributed by atoms with Gasteiger partial charge in [-0.15, -0.1) is 11.3 Å². The van der Waals surface area contributed by atoms with E-state index in [0.717, 1.165) is 16.8 Å². The molecular weight excluding hydrogens is 234 g/mol. The van der Waals surface area contributed by atoms with Gasteiger partial charge in [-0.3, -0.25) is 4.79 Å². The SMILES string of the molecule is Cc1c(N)cccc1CNC(=O)c1cscn1. The Bertz CT molecular complexity index is 523. The fraction of sp³-hybridized carbons (Fsp3) is 0.167. The van der Waals surface area contributed by atoms with Crippen molar-refractivity contribution in [3.63, 3.8) is 0 Å². The smallest absolute Gasteiger partial charge is 0.271 e. The van der Waals surface area contributed by atoms with Crippen LogP contribution in [0.2, 0.25) is 0 Å². The van der Waals surface area contributed by atoms with E-state index >= 15 is 0 Å². The van der Waals surface area contributed by atoms with Gasteiger partial charge in [-0.2, -0.15) is 0 Å². The van der Waals surface area contributed by atoms with E-state index in [-0.39, 0.29) is 5.91 Å². The van der Waals surface area contributed by atoms with E-state index in [1.54, 1.807) is 10.9 Å². The van der Waals surface area contributed by atoms with Crippen LogP contribution in [0.1, 0.15) is 21.6 Å². The normalized spacial score (nSPS) is 10.2. The van der Waals surface area contributed by atoms with Crippen LogP contribution in [0.3, 0.4) is 0 Å². The molecule has 0 fully saturated rings. The lowest BCUT2D eigenvalue weighted by Crippen LogP contribution is -2.23. The highest BCUT2D eigenvalue weighted by Gasteiger charge is 2.08. The summed E-state index contributed by atoms with van der Waals surface area (Å²) >= 11 is 1.40. The van der Waals surface area contributed by atoms with Crippen molar-refractivity contribution in [3.05, 3.63) is 45.9 Å². The lowest BCUT2D eigenvalue weighted by Gasteiger charge is -2.08. The molecule has 0 bridgehead atoms. The molecule has 2 rings (SSSR count). The van der Waals surface area contributed by atoms with Crippen LogP contribution in [-0.4, -0.2) is 10.9 Å². The highest BCUT2D eigenvalue weighted by molar-refractivity contribution is 7.07. The summed E-state index contributed by atoms with van der Waals surface area (Å²) in [5, 5.41) is 4.54. The Morgan fingerprint density at radius 1 is 1.53 bits per heavy atom. The van der Waals surface area contributed by atoms with Crippen LogP contribution < -0.4 is 11.1 Å². The molecule has 0 saturated carbocycles. The van der Waals surface area contributed by atoms with Crippen molar-refractivity contribution < 1.29 is 4.79 Å². The zero-order chi connectivity index (χ0) is 12.3. The van der Waals surface area contributed by atoms with E-state index in [2.05, 4.69) is 10.3 Å². The van der Waals surface area contributed by atoms with Crippen LogP contribution in [-0.2, 0) is 6.54 Å². The number of benzene rings is 1. The molecule has 1 heterocycles. The van der Waals surface area contributed by atoms with Crippen molar-refractivity contribution in [3.8, 4) is 0 Å². The first-order chi connectivity index (χ1) is 8.18. The van der Waals surface area contributed by atoms with Crippen molar-refractivity contribution in [2.24, 2.45) is 0 Å². The topological polar surface area (TPSA) is 68.0 Å². The van der Waals surface area contributed by atoms with Crippen LogP contribution in [0.4, 0.5) is 5.69 Å². The number of rotatable bonds is 3. The fourth-order valence-electron chi connectivity index (χ4n) is 1.49. The second-order valence-electron chi connectivity index (χ2n) is 3.69. The molecule has 0 spiro atoms. The maximum absolute atomic E-state index is 11.7. The predicted octanol–water partition coefficient (Wildman–Crippen LogP) is 1.96. The van der Waals surface area contributed by atoms with Gasteiger partial charge in [-0.25, -0.2) is 4.98 Å². The van der Waals surface area contributed by atoms with E-state index in [1.165, 1.54) is 11.3 Å². The Hall–Kier alpha value is -1.88. The van der Waals surface area contributed by atoms with Crippen molar-refractivity contribution in [2.75, 3.05) is 5.73 Å². The Kier molecular flexibility index (Phi) is 3.39. The van der Waals surface area contributed by atoms with E-state index in [4.69, 9.17) is 5.73 Å². The monoisotopic (exact) mass is 247 g/mol. The number of hydrogen-bond acceptors (Lipinski definition) is 4. The van der Waals surface area contributed by atoms with Gasteiger partial charge >= 0.3 is 0 Å². The molecule has 0 aliphatic rings. The van der Waals surface area contributed by atoms with E-state index in [1.807, 2.05) is 25.1 Å². The van der Waals surface area contributed by atoms with E-state index in [0.29, 0.717) is 12.2 Å². The summed E-state index contributed by atoms with van der Waals surface area (Å²) in [4.78, 5) is 15.6. The van der Waals surface area contributed by atoms with Gasteiger partial charge in [0, 0.05) is 17.6 Å². The van der Waals surface area contributed by atoms with Crippen molar-refractivity contribution in [2.45, 2.75) is 13.5 Å². The second kappa shape index (κ2) is 4.97. The molecule has 88 valence electrons. The molecule has 4 nitrogen and oxygen atoms in total. The quantitative estimate of drug-likeness (QED) is 0.815. The zero-order valence-corrected chi connectivity index (χ0v) is 10.3. The average Bonchev–Trinajstić information content (AvgIpc) is 2.84. The number of carbonyl (C=O) groups excluding carboxylic acids is 1. The van der Waals surface area contributed by atoms with Crippen LogP contribution in [0.5, 0.6) is 0 Å². The van der Waals surface area contributed by atoms with Crippen LogP contribution in [0.25, 0.3) is 0 Å². The standard InChI is InChI=1S/C12H13N3OS/c1-8-9(3-2-4-10(8)13)5-14-12(16)11-6-17-7-15-11/h2-4,6-7H,5,13H2,1H3,(H,14,16). The van der Waals surface area contributed by atoms with Crippen LogP contribution in [0.15, 0.2) is 29.1 Å². The molecule has 0 radical (unpaired) electrons. The summed E-state index contributed by atoms with van der Waals surface area (Å²) < 4.78 is 0. The predicted molar refractivity (Wildman–Crippen MR) is 68.9 cm³/mol. The zero-order valence-electron chi connectivity index (χ0n) is 9.43. The summed E-state index contributed by atoms with van der Waals surface area (Å²) in [6, 6.07) is 5.68. The number of nitrogen functional groups attached to an aromatic ring is 1. The number of hydrogen-bond donors (Lipinski definition) is 2. The molecule has 1 aromatic heterocycles. The molecule has 0 unspecified atom stereocenters. The summed E-state index contributed by atoms with van der Waals surface area (Å²) in [6.07, 6.45) is 0. The molecule has 3 N–H and O–H groups in total. The van der Waals surface area contributed by atoms with Gasteiger partial charge in [0.05, 0.1) is 5.51 Å². The Labute approximate surface area is 103 Å². The molecule has 1 aromatic carbocycles. The molecule has 0 saturated heterocycles. The first-order valence-corrected chi connectivity index (χ1v) is 6.13. The maximum atomic E-state index is 11.7. The summed E-state index contributed by atoms with van der Waals surface area (Å²) in [5.74, 6) is -0.159. The van der Waals surface area contributed by atoms with E-state index < -0.39 is 0 Å². The first kappa shape index (κ1) is 11.6. The van der Waals surface area contributed by atoms with Gasteiger partial charge < -0.3 is 11.1 Å². The molecule has 0 aliphatic heterocycles. The third-order valence-corrected chi connectivity index (χ3v) is 3.18. The minimum atomic E-state index is -0.159. The van der Waals surface area contributed by atoms with Gasteiger partial charge in [0.1, 0.15) is 5.69 Å². The minimum Gasteiger partial charge on any atom is -0.399 e. The number of thiazole rings is 1. The number of nitrogens with two attached hydrogens (primary N) is 1. The lowest BCUT2D eigenvalue weighted by molar-refractivity contribution is 0.0946. The Morgan fingerprint density at radius 2 is 2.35 bits per heavy atom. The Morgan fingerprint density at radius 3 is 3.06 bits per heavy atom. The number of carbonyl (C=O) groups is 1. The Balaban J connectivity index is 2.03. The van der Waals surface area contributed by atoms with Crippen LogP contribution in [0, 0.1) is 6.92 Å². The molecule has 17 heavy (non-hydrogen) atoms. The molecule has 5 heteroatoms. The third kappa shape index (κ3) is 2.62. The third-order valence-electron chi connectivity index (χ3n) is 2.59. The highest BCUT2D eigenvalue weighted by Crippen LogP contribution is 2.15. The van der Waals surface area contributed by atoms with Crippen molar-refractivity contribution in [1.82, 2.24) is 10.3 Å². The molecule has 0 aliphatic carbocycles. The lowest BCUT2D eigenvalue weighted by atomic mass is 10.1. The van der Waals surface area contributed by atoms with Gasteiger partial charge in [0.15, 0.2) is 0 Å². The number of amides is 1. The molecule has 1 amide bonds. The summed E-state index contributed by atoms with van der Waals surface area (Å²) in [6.45, 7) is 2.41. The second-order valence-corrected chi connectivity index (χ2v) is 4.41. The number of nitrogens with one attached hydrogen (secondary N) is 1. The van der Waals surface area contributed by atoms with Crippen LogP contribution >= 0.6 is 11.3 Å². The number of aromatic nitrogens is 1. The molecular formula is C12H13N3OS. The largest absolute Gasteiger partial charge is 0.399 e. The first-order valence-electron chi connectivity index (χ1n) is 5.19. The highest BCUT2D eigenvalue weighted by atomic mass is 32.1. The maximum Gasteiger partial charge on any atom is 0.271 e. The minimum absolute atomic E-state index is 0.159. The van der Waals surface area contributed by atoms with Gasteiger partial charge in [0.2, 0.25) is 0 Å². The molecule has 2 aromatic rings. The van der Waals surface area contributed by atoms with Gasteiger partial charge in [-0.1, -0.05) is 12.1 Å². The van der Waals surface area contributed by atoms with Gasteiger partial charge in [-0.05, 0) is 24.1 Å². The molecule has 0 atom stereocenters.